The van der Waals surface area contributed by atoms with Gasteiger partial charge in [-0.2, -0.15) is 5.10 Å². The van der Waals surface area contributed by atoms with Crippen molar-refractivity contribution in [3.8, 4) is 11.5 Å². The molecular weight excluding hydrogens is 837 g/mol. The van der Waals surface area contributed by atoms with Crippen LogP contribution < -0.4 is 42.6 Å². The molecule has 0 aliphatic rings. The fourth-order valence-corrected chi connectivity index (χ4v) is 6.86. The van der Waals surface area contributed by atoms with Crippen molar-refractivity contribution in [2.75, 3.05) is 37.9 Å². The number of primary amides is 2. The van der Waals surface area contributed by atoms with E-state index in [4.69, 9.17) is 31.7 Å². The van der Waals surface area contributed by atoms with Crippen LogP contribution in [-0.4, -0.2) is 101 Å². The second kappa shape index (κ2) is 20.8. The number of nitrogens with two attached hydrogens (primary N) is 3. The number of hydrogen-bond acceptors (Lipinski definition) is 14. The molecule has 65 heavy (non-hydrogen) atoms. The third kappa shape index (κ3) is 10.9. The molecule has 6 rings (SSSR count). The van der Waals surface area contributed by atoms with Crippen molar-refractivity contribution in [3.63, 3.8) is 0 Å². The Morgan fingerprint density at radius 1 is 0.831 bits per heavy atom. The predicted molar refractivity (Wildman–Crippen MR) is 245 cm³/mol. The van der Waals surface area contributed by atoms with Crippen LogP contribution in [0.2, 0.25) is 0 Å². The summed E-state index contributed by atoms with van der Waals surface area (Å²) in [6.07, 6.45) is 10.6. The highest BCUT2D eigenvalue weighted by molar-refractivity contribution is 6.47. The van der Waals surface area contributed by atoms with Gasteiger partial charge in [-0.3, -0.25) is 39.5 Å². The lowest BCUT2D eigenvalue weighted by Gasteiger charge is -2.13. The van der Waals surface area contributed by atoms with E-state index in [2.05, 4.69) is 41.3 Å². The molecule has 22 heteroatoms. The van der Waals surface area contributed by atoms with E-state index in [0.29, 0.717) is 65.3 Å². The normalized spacial score (nSPS) is 12.2. The van der Waals surface area contributed by atoms with Crippen molar-refractivity contribution in [3.05, 3.63) is 101 Å². The van der Waals surface area contributed by atoms with E-state index in [9.17, 15) is 19.2 Å². The van der Waals surface area contributed by atoms with Gasteiger partial charge in [-0.1, -0.05) is 23.4 Å². The topological polar surface area (TPSA) is 297 Å². The Balaban J connectivity index is 1.38. The molecule has 2 aromatic carbocycles. The summed E-state index contributed by atoms with van der Waals surface area (Å²) in [7, 11) is 3.27. The van der Waals surface area contributed by atoms with Gasteiger partial charge < -0.3 is 41.1 Å². The number of imidazole rings is 2. The molecule has 9 N–H and O–H groups in total. The molecular formula is C43H52N16O6. The molecule has 4 aromatic heterocycles. The Hall–Kier alpha value is -8.14. The monoisotopic (exact) mass is 888 g/mol. The van der Waals surface area contributed by atoms with E-state index in [-0.39, 0.29) is 59.9 Å². The zero-order valence-electron chi connectivity index (χ0n) is 37.0. The minimum absolute atomic E-state index is 0.0899. The van der Waals surface area contributed by atoms with E-state index in [1.54, 1.807) is 51.4 Å². The molecule has 0 fully saturated rings. The number of carbonyl (C=O) groups is 4. The minimum Gasteiger partial charge on any atom is -0.494 e. The summed E-state index contributed by atoms with van der Waals surface area (Å²) in [4.78, 5) is 65.9. The van der Waals surface area contributed by atoms with E-state index < -0.39 is 23.6 Å². The largest absolute Gasteiger partial charge is 0.494 e. The van der Waals surface area contributed by atoms with Crippen molar-refractivity contribution in [1.82, 2.24) is 49.2 Å². The molecule has 0 aliphatic heterocycles. The summed E-state index contributed by atoms with van der Waals surface area (Å²) in [5.41, 5.74) is 21.4. The molecule has 6 aromatic rings. The molecule has 0 saturated carbocycles. The summed E-state index contributed by atoms with van der Waals surface area (Å²) in [6.45, 7) is 9.24. The molecule has 0 unspecified atom stereocenters. The van der Waals surface area contributed by atoms with Crippen LogP contribution in [0, 0.1) is 6.92 Å². The smallest absolute Gasteiger partial charge is 0.276 e. The minimum atomic E-state index is -0.700. The molecule has 0 aliphatic carbocycles. The van der Waals surface area contributed by atoms with Gasteiger partial charge >= 0.3 is 0 Å². The number of benzene rings is 2. The Kier molecular flexibility index (Phi) is 14.9. The first kappa shape index (κ1) is 46.4. The maximum atomic E-state index is 13.8. The van der Waals surface area contributed by atoms with Crippen LogP contribution in [-0.2, 0) is 37.5 Å². The number of hydrogen-bond donors (Lipinski definition) is 6. The van der Waals surface area contributed by atoms with Crippen molar-refractivity contribution >= 4 is 63.3 Å². The Morgan fingerprint density at radius 3 is 2.03 bits per heavy atom. The highest BCUT2D eigenvalue weighted by Gasteiger charge is 2.23. The third-order valence-corrected chi connectivity index (χ3v) is 9.69. The zero-order chi connectivity index (χ0) is 46.8. The van der Waals surface area contributed by atoms with Crippen molar-refractivity contribution < 1.29 is 28.7 Å². The van der Waals surface area contributed by atoms with Crippen LogP contribution in [0.5, 0.6) is 11.5 Å². The predicted octanol–water partition coefficient (Wildman–Crippen LogP) is 2.83. The number of anilines is 2. The zero-order valence-corrected chi connectivity index (χ0v) is 37.0. The maximum Gasteiger partial charge on any atom is 0.276 e. The van der Waals surface area contributed by atoms with Crippen LogP contribution in [0.3, 0.4) is 0 Å². The first-order valence-corrected chi connectivity index (χ1v) is 20.6. The number of nitrogens with zero attached hydrogens (tertiary/aromatic N) is 10. The van der Waals surface area contributed by atoms with Gasteiger partial charge in [0.15, 0.2) is 0 Å². The number of allylic oxidation sites excluding steroid dienone is 4. The van der Waals surface area contributed by atoms with Crippen LogP contribution in [0.1, 0.15) is 63.4 Å². The van der Waals surface area contributed by atoms with Crippen LogP contribution in [0.4, 0.5) is 11.9 Å². The van der Waals surface area contributed by atoms with Crippen molar-refractivity contribution in [2.24, 2.45) is 22.2 Å². The van der Waals surface area contributed by atoms with Crippen molar-refractivity contribution in [2.45, 2.75) is 60.4 Å². The number of aryl methyl sites for hydroxylation is 2. The number of rotatable bonds is 21. The summed E-state index contributed by atoms with van der Waals surface area (Å²) in [5, 5.41) is 21.5. The standard InChI is InChI=1S/C43H52N16O6/c1-7-48-32(17-25(3)44)40(62)51-42-49-30-19-27(38(45)60)21-34(64-6)36(30)57(42)14-9-10-15-58-37-31(50-43(58)52-41(63)33-18-26(4)54-59(33)8-2)20-28(39(46)61)22-35(37)65-16-12-11-13-56-24-29(23-47-5)53-55-56/h9-12,17-22,24,47H,7-8,13-16,23,44H2,1-6H3,(H2,45,60)(H2,46,61)(H,49,51,62)(H,50,52,63)/b10-9+,12-11+,25-17-,48-32?. The average molecular weight is 889 g/mol. The maximum absolute atomic E-state index is 13.8. The van der Waals surface area contributed by atoms with Crippen LogP contribution >= 0.6 is 0 Å². The highest BCUT2D eigenvalue weighted by Crippen LogP contribution is 2.33. The lowest BCUT2D eigenvalue weighted by molar-refractivity contribution is -0.110. The van der Waals surface area contributed by atoms with Crippen LogP contribution in [0.15, 0.2) is 77.6 Å². The lowest BCUT2D eigenvalue weighted by Crippen LogP contribution is -2.24. The molecule has 0 spiro atoms. The summed E-state index contributed by atoms with van der Waals surface area (Å²) < 4.78 is 18.7. The number of amides is 4. The molecule has 0 bridgehead atoms. The van der Waals surface area contributed by atoms with Gasteiger partial charge in [-0.25, -0.2) is 14.6 Å². The van der Waals surface area contributed by atoms with Gasteiger partial charge in [0, 0.05) is 49.5 Å². The van der Waals surface area contributed by atoms with E-state index >= 15 is 0 Å². The molecule has 22 nitrogen and oxygen atoms in total. The molecule has 4 amide bonds. The number of carbonyl (C=O) groups excluding carboxylic acids is 4. The number of nitrogens with one attached hydrogen (secondary N) is 3. The summed E-state index contributed by atoms with van der Waals surface area (Å²) in [5.74, 6) is -1.58. The van der Waals surface area contributed by atoms with E-state index in [0.717, 1.165) is 5.69 Å². The lowest BCUT2D eigenvalue weighted by atomic mass is 10.1. The highest BCUT2D eigenvalue weighted by atomic mass is 16.5. The number of methoxy groups -OCH3 is 1. The third-order valence-electron chi connectivity index (χ3n) is 9.69. The second-order valence-corrected chi connectivity index (χ2v) is 14.6. The summed E-state index contributed by atoms with van der Waals surface area (Å²) in [6, 6.07) is 7.73. The molecule has 0 saturated heterocycles. The number of ether oxygens (including phenoxy) is 2. The second-order valence-electron chi connectivity index (χ2n) is 14.6. The van der Waals surface area contributed by atoms with Gasteiger partial charge in [-0.15, -0.1) is 5.10 Å². The van der Waals surface area contributed by atoms with Gasteiger partial charge in [0.05, 0.1) is 42.3 Å². The van der Waals surface area contributed by atoms with Gasteiger partial charge in [-0.05, 0) is 77.2 Å². The average Bonchev–Trinajstić information content (AvgIpc) is 4.05. The quantitative estimate of drug-likeness (QED) is 0.0448. The Bertz CT molecular complexity index is 2870. The number of aliphatic imine (C=N–C) groups is 1. The van der Waals surface area contributed by atoms with Gasteiger partial charge in [0.1, 0.15) is 40.5 Å². The van der Waals surface area contributed by atoms with E-state index in [1.165, 1.54) is 37.5 Å². The number of fused-ring (bicyclic) bond motifs is 2. The SMILES string of the molecule is CCN=C(/C=C(/C)N)C(=O)Nc1nc2cc(C(N)=O)cc(OC)c2n1C/C=C/Cn1c(NC(=O)c2cc(C)nn2CC)nc2cc(C(N)=O)cc(OC/C=C/Cn3cc(CNC)nn3)c21. The van der Waals surface area contributed by atoms with Crippen LogP contribution in [0.25, 0.3) is 22.1 Å². The molecule has 4 heterocycles. The fourth-order valence-electron chi connectivity index (χ4n) is 6.86. The fraction of sp³-hybridized carbons (Fsp3) is 0.302. The molecule has 340 valence electrons. The van der Waals surface area contributed by atoms with E-state index in [1.807, 2.05) is 38.4 Å². The first-order chi connectivity index (χ1) is 31.2. The van der Waals surface area contributed by atoms with Crippen molar-refractivity contribution in [1.29, 1.82) is 0 Å². The molecule has 0 radical (unpaired) electrons. The molecule has 0 atom stereocenters. The first-order valence-electron chi connectivity index (χ1n) is 20.6. The Morgan fingerprint density at radius 2 is 1.45 bits per heavy atom. The van der Waals surface area contributed by atoms with Gasteiger partial charge in [0.25, 0.3) is 11.8 Å². The number of aromatic nitrogens is 9. The summed E-state index contributed by atoms with van der Waals surface area (Å²) >= 11 is 0. The Labute approximate surface area is 373 Å². The van der Waals surface area contributed by atoms with Gasteiger partial charge in [0.2, 0.25) is 23.7 Å².